The lowest BCUT2D eigenvalue weighted by Crippen LogP contribution is -2.31. The molecule has 2 aliphatic rings. The molecule has 1 saturated heterocycles. The number of imidazole rings is 1. The number of nitrogens with zero attached hydrogens (tertiary/aromatic N) is 4. The molecular formula is C31H38N4O3. The number of benzene rings is 2. The van der Waals surface area contributed by atoms with Gasteiger partial charge < -0.3 is 14.4 Å². The van der Waals surface area contributed by atoms with Crippen molar-refractivity contribution in [3.63, 3.8) is 0 Å². The SMILES string of the molecule is COC1CCCC(n2c(=O)n(C)c3cnc4ccc(-c5ccc(OCCCN6CCCC6)cc5)cc4c32)C1. The largest absolute Gasteiger partial charge is 0.494 e. The molecule has 2 unspecified atom stereocenters. The molecule has 2 aromatic carbocycles. The van der Waals surface area contributed by atoms with Crippen LogP contribution >= 0.6 is 0 Å². The highest BCUT2D eigenvalue weighted by Gasteiger charge is 2.27. The van der Waals surface area contributed by atoms with Crippen molar-refractivity contribution in [2.75, 3.05) is 33.4 Å². The van der Waals surface area contributed by atoms with Gasteiger partial charge in [-0.1, -0.05) is 18.2 Å². The number of pyridine rings is 1. The van der Waals surface area contributed by atoms with Crippen LogP contribution < -0.4 is 10.4 Å². The average Bonchev–Trinajstić information content (AvgIpc) is 3.57. The summed E-state index contributed by atoms with van der Waals surface area (Å²) in [4.78, 5) is 20.7. The Morgan fingerprint density at radius 1 is 1.00 bits per heavy atom. The molecule has 6 rings (SSSR count). The highest BCUT2D eigenvalue weighted by atomic mass is 16.5. The zero-order chi connectivity index (χ0) is 26.1. The van der Waals surface area contributed by atoms with Crippen molar-refractivity contribution in [1.82, 2.24) is 19.0 Å². The lowest BCUT2D eigenvalue weighted by molar-refractivity contribution is 0.0531. The summed E-state index contributed by atoms with van der Waals surface area (Å²) in [6.07, 6.45) is 9.71. The Kier molecular flexibility index (Phi) is 7.22. The summed E-state index contributed by atoms with van der Waals surface area (Å²) in [5.41, 5.74) is 5.00. The zero-order valence-electron chi connectivity index (χ0n) is 22.6. The van der Waals surface area contributed by atoms with Gasteiger partial charge in [-0.05, 0) is 93.4 Å². The third-order valence-electron chi connectivity index (χ3n) is 8.49. The highest BCUT2D eigenvalue weighted by Crippen LogP contribution is 2.35. The van der Waals surface area contributed by atoms with Gasteiger partial charge >= 0.3 is 5.69 Å². The van der Waals surface area contributed by atoms with Crippen molar-refractivity contribution in [3.8, 4) is 16.9 Å². The van der Waals surface area contributed by atoms with Crippen LogP contribution in [-0.2, 0) is 11.8 Å². The fraction of sp³-hybridized carbons (Fsp3) is 0.484. The van der Waals surface area contributed by atoms with E-state index in [0.29, 0.717) is 0 Å². The van der Waals surface area contributed by atoms with Crippen molar-refractivity contribution in [1.29, 1.82) is 0 Å². The molecule has 7 nitrogen and oxygen atoms in total. The van der Waals surface area contributed by atoms with Gasteiger partial charge in [0.15, 0.2) is 0 Å². The molecule has 2 atom stereocenters. The number of rotatable bonds is 8. The summed E-state index contributed by atoms with van der Waals surface area (Å²) in [6, 6.07) is 14.8. The van der Waals surface area contributed by atoms with Crippen molar-refractivity contribution >= 4 is 21.9 Å². The molecule has 0 spiro atoms. The van der Waals surface area contributed by atoms with Crippen LogP contribution in [0, 0.1) is 0 Å². The van der Waals surface area contributed by atoms with E-state index in [9.17, 15) is 4.79 Å². The predicted octanol–water partition coefficient (Wildman–Crippen LogP) is 5.55. The number of aromatic nitrogens is 3. The average molecular weight is 515 g/mol. The second-order valence-corrected chi connectivity index (χ2v) is 10.9. The lowest BCUT2D eigenvalue weighted by Gasteiger charge is -2.29. The van der Waals surface area contributed by atoms with E-state index < -0.39 is 0 Å². The maximum absolute atomic E-state index is 13.4. The normalized spacial score (nSPS) is 20.5. The summed E-state index contributed by atoms with van der Waals surface area (Å²) in [7, 11) is 3.62. The minimum atomic E-state index is 0.0210. The summed E-state index contributed by atoms with van der Waals surface area (Å²) in [5.74, 6) is 0.905. The van der Waals surface area contributed by atoms with E-state index in [-0.39, 0.29) is 17.8 Å². The molecule has 0 bridgehead atoms. The van der Waals surface area contributed by atoms with Gasteiger partial charge in [0.2, 0.25) is 0 Å². The van der Waals surface area contributed by atoms with E-state index in [1.807, 2.05) is 17.8 Å². The Bertz CT molecular complexity index is 1470. The number of hydrogen-bond donors (Lipinski definition) is 0. The highest BCUT2D eigenvalue weighted by molar-refractivity contribution is 6.04. The second-order valence-electron chi connectivity index (χ2n) is 10.9. The third kappa shape index (κ3) is 4.85. The van der Waals surface area contributed by atoms with E-state index in [1.54, 1.807) is 11.7 Å². The molecular weight excluding hydrogens is 476 g/mol. The first-order valence-electron chi connectivity index (χ1n) is 14.1. The summed E-state index contributed by atoms with van der Waals surface area (Å²) >= 11 is 0. The molecule has 3 heterocycles. The molecule has 0 amide bonds. The van der Waals surface area contributed by atoms with E-state index in [1.165, 1.54) is 25.9 Å². The quantitative estimate of drug-likeness (QED) is 0.289. The van der Waals surface area contributed by atoms with Gasteiger partial charge in [-0.3, -0.25) is 14.1 Å². The standard InChI is InChI=1S/C31H38N4O3/c1-33-29-21-32-28-14-11-23(22-9-12-25(13-10-22)38-18-6-17-34-15-3-4-16-34)19-27(28)30(29)35(31(33)36)24-7-5-8-26(20-24)37-2/h9-14,19,21,24,26H,3-8,15-18,20H2,1-2H3. The van der Waals surface area contributed by atoms with Gasteiger partial charge in [-0.2, -0.15) is 0 Å². The number of likely N-dealkylation sites (tertiary alicyclic amines) is 1. The number of methoxy groups -OCH3 is 1. The van der Waals surface area contributed by atoms with E-state index >= 15 is 0 Å². The summed E-state index contributed by atoms with van der Waals surface area (Å²) in [6.45, 7) is 4.33. The zero-order valence-corrected chi connectivity index (χ0v) is 22.6. The maximum Gasteiger partial charge on any atom is 0.329 e. The molecule has 0 N–H and O–H groups in total. The van der Waals surface area contributed by atoms with E-state index in [4.69, 9.17) is 14.5 Å². The van der Waals surface area contributed by atoms with Crippen LogP contribution in [0.15, 0.2) is 53.5 Å². The van der Waals surface area contributed by atoms with Crippen molar-refractivity contribution < 1.29 is 9.47 Å². The molecule has 7 heteroatoms. The molecule has 200 valence electrons. The molecule has 2 fully saturated rings. The first-order valence-corrected chi connectivity index (χ1v) is 14.1. The Balaban J connectivity index is 1.28. The van der Waals surface area contributed by atoms with E-state index in [0.717, 1.165) is 84.1 Å². The molecule has 38 heavy (non-hydrogen) atoms. The van der Waals surface area contributed by atoms with Crippen LogP contribution in [0.4, 0.5) is 0 Å². The van der Waals surface area contributed by atoms with Gasteiger partial charge in [0, 0.05) is 32.1 Å². The predicted molar refractivity (Wildman–Crippen MR) is 152 cm³/mol. The van der Waals surface area contributed by atoms with Crippen LogP contribution in [0.2, 0.25) is 0 Å². The molecule has 1 saturated carbocycles. The Labute approximate surface area is 224 Å². The topological polar surface area (TPSA) is 61.5 Å². The molecule has 1 aliphatic heterocycles. The van der Waals surface area contributed by atoms with Crippen molar-refractivity contribution in [3.05, 3.63) is 59.1 Å². The van der Waals surface area contributed by atoms with Crippen LogP contribution in [0.3, 0.4) is 0 Å². The van der Waals surface area contributed by atoms with Crippen LogP contribution in [0.1, 0.15) is 51.0 Å². The fourth-order valence-electron chi connectivity index (χ4n) is 6.34. The second kappa shape index (κ2) is 10.9. The minimum Gasteiger partial charge on any atom is -0.494 e. The Morgan fingerprint density at radius 2 is 1.79 bits per heavy atom. The first kappa shape index (κ1) is 25.1. The lowest BCUT2D eigenvalue weighted by atomic mass is 9.92. The van der Waals surface area contributed by atoms with Crippen molar-refractivity contribution in [2.45, 2.75) is 57.1 Å². The number of aryl methyl sites for hydroxylation is 1. The summed E-state index contributed by atoms with van der Waals surface area (Å²) < 4.78 is 15.4. The molecule has 0 radical (unpaired) electrons. The van der Waals surface area contributed by atoms with E-state index in [2.05, 4.69) is 47.4 Å². The Hall–Kier alpha value is -3.16. The van der Waals surface area contributed by atoms with Crippen molar-refractivity contribution in [2.24, 2.45) is 7.05 Å². The first-order chi connectivity index (χ1) is 18.6. The van der Waals surface area contributed by atoms with Gasteiger partial charge in [0.05, 0.1) is 35.5 Å². The van der Waals surface area contributed by atoms with Crippen LogP contribution in [0.25, 0.3) is 33.1 Å². The van der Waals surface area contributed by atoms with Gasteiger partial charge in [0.25, 0.3) is 0 Å². The van der Waals surface area contributed by atoms with Gasteiger partial charge in [-0.25, -0.2) is 4.79 Å². The van der Waals surface area contributed by atoms with Gasteiger partial charge in [-0.15, -0.1) is 0 Å². The minimum absolute atomic E-state index is 0.0210. The van der Waals surface area contributed by atoms with Crippen LogP contribution in [-0.4, -0.2) is 58.5 Å². The fourth-order valence-corrected chi connectivity index (χ4v) is 6.34. The molecule has 2 aromatic heterocycles. The monoisotopic (exact) mass is 514 g/mol. The molecule has 4 aromatic rings. The summed E-state index contributed by atoms with van der Waals surface area (Å²) in [5, 5.41) is 1.01. The number of hydrogen-bond acceptors (Lipinski definition) is 5. The smallest absolute Gasteiger partial charge is 0.329 e. The van der Waals surface area contributed by atoms with Crippen LogP contribution in [0.5, 0.6) is 5.75 Å². The maximum atomic E-state index is 13.4. The molecule has 1 aliphatic carbocycles. The third-order valence-corrected chi connectivity index (χ3v) is 8.49. The number of ether oxygens (including phenoxy) is 2. The van der Waals surface area contributed by atoms with Gasteiger partial charge in [0.1, 0.15) is 5.75 Å². The number of fused-ring (bicyclic) bond motifs is 3. The Morgan fingerprint density at radius 3 is 2.58 bits per heavy atom.